The number of fused-ring (bicyclic) bond motifs is 1. The Morgan fingerprint density at radius 3 is 3.00 bits per heavy atom. The molecule has 0 aliphatic carbocycles. The molecule has 0 aromatic carbocycles. The molecule has 15 heavy (non-hydrogen) atoms. The predicted octanol–water partition coefficient (Wildman–Crippen LogP) is 1.68. The molecule has 0 amide bonds. The van der Waals surface area contributed by atoms with E-state index in [1.807, 2.05) is 6.92 Å². The maximum absolute atomic E-state index is 11.9. The molecule has 0 saturated carbocycles. The highest BCUT2D eigenvalue weighted by atomic mass is 19.3. The number of alkyl halides is 2. The second kappa shape index (κ2) is 3.80. The summed E-state index contributed by atoms with van der Waals surface area (Å²) < 4.78 is 30.0. The summed E-state index contributed by atoms with van der Waals surface area (Å²) in [5.74, 6) is 0.283. The highest BCUT2D eigenvalue weighted by Gasteiger charge is 2.06. The van der Waals surface area contributed by atoms with E-state index in [0.29, 0.717) is 5.65 Å². The van der Waals surface area contributed by atoms with Crippen LogP contribution in [0.3, 0.4) is 0 Å². The zero-order valence-electron chi connectivity index (χ0n) is 8.02. The number of halogens is 2. The Morgan fingerprint density at radius 1 is 1.47 bits per heavy atom. The third-order valence-electron chi connectivity index (χ3n) is 1.89. The number of rotatable bonds is 3. The zero-order valence-corrected chi connectivity index (χ0v) is 8.02. The van der Waals surface area contributed by atoms with Crippen molar-refractivity contribution in [1.82, 2.24) is 14.6 Å². The number of nitrogens with zero attached hydrogens (tertiary/aromatic N) is 3. The number of ether oxygens (including phenoxy) is 1. The van der Waals surface area contributed by atoms with Crippen molar-refractivity contribution < 1.29 is 13.5 Å². The molecule has 6 heteroatoms. The van der Waals surface area contributed by atoms with Gasteiger partial charge in [0.15, 0.2) is 11.4 Å². The molecule has 0 aliphatic rings. The van der Waals surface area contributed by atoms with Crippen LogP contribution in [0.2, 0.25) is 0 Å². The fourth-order valence-corrected chi connectivity index (χ4v) is 1.21. The summed E-state index contributed by atoms with van der Waals surface area (Å²) in [5.41, 5.74) is 1.62. The van der Waals surface area contributed by atoms with Gasteiger partial charge in [-0.25, -0.2) is 18.3 Å². The predicted molar refractivity (Wildman–Crippen MR) is 49.2 cm³/mol. The second-order valence-electron chi connectivity index (χ2n) is 3.09. The molecular weight excluding hydrogens is 204 g/mol. The van der Waals surface area contributed by atoms with Crippen LogP contribution in [0.15, 0.2) is 18.6 Å². The van der Waals surface area contributed by atoms with E-state index in [4.69, 9.17) is 4.74 Å². The average Bonchev–Trinajstić information content (AvgIpc) is 2.57. The monoisotopic (exact) mass is 213 g/mol. The molecule has 2 heterocycles. The average molecular weight is 213 g/mol. The Labute approximate surface area is 84.5 Å². The van der Waals surface area contributed by atoms with Gasteiger partial charge in [-0.1, -0.05) is 0 Å². The van der Waals surface area contributed by atoms with E-state index in [9.17, 15) is 8.78 Å². The van der Waals surface area contributed by atoms with Crippen LogP contribution in [0, 0.1) is 6.92 Å². The van der Waals surface area contributed by atoms with Crippen LogP contribution < -0.4 is 4.74 Å². The van der Waals surface area contributed by atoms with Gasteiger partial charge in [-0.2, -0.15) is 5.10 Å². The minimum absolute atomic E-state index is 0.283. The minimum Gasteiger partial charge on any atom is -0.484 e. The van der Waals surface area contributed by atoms with Gasteiger partial charge in [0, 0.05) is 5.56 Å². The van der Waals surface area contributed by atoms with Crippen molar-refractivity contribution >= 4 is 5.65 Å². The van der Waals surface area contributed by atoms with Gasteiger partial charge < -0.3 is 4.74 Å². The van der Waals surface area contributed by atoms with Crippen LogP contribution in [0.4, 0.5) is 8.78 Å². The van der Waals surface area contributed by atoms with Gasteiger partial charge in [-0.05, 0) is 6.92 Å². The van der Waals surface area contributed by atoms with E-state index < -0.39 is 13.0 Å². The molecule has 2 aromatic heterocycles. The van der Waals surface area contributed by atoms with Gasteiger partial charge in [0.25, 0.3) is 6.43 Å². The number of hydrogen-bond donors (Lipinski definition) is 0. The summed E-state index contributed by atoms with van der Waals surface area (Å²) in [7, 11) is 0. The van der Waals surface area contributed by atoms with Crippen LogP contribution in [0.25, 0.3) is 5.65 Å². The van der Waals surface area contributed by atoms with Crippen LogP contribution in [0.1, 0.15) is 5.56 Å². The second-order valence-corrected chi connectivity index (χ2v) is 3.09. The SMILES string of the molecule is Cc1cnn2cc(OCC(F)F)cnc12. The standard InChI is InChI=1S/C9H9F2N3O/c1-6-2-13-14-4-7(3-12-9(6)14)15-5-8(10)11/h2-4,8H,5H2,1H3. The molecule has 0 N–H and O–H groups in total. The topological polar surface area (TPSA) is 39.4 Å². The van der Waals surface area contributed by atoms with E-state index >= 15 is 0 Å². The highest BCUT2D eigenvalue weighted by molar-refractivity contribution is 5.45. The Kier molecular flexibility index (Phi) is 2.49. The normalized spacial score (nSPS) is 11.2. The van der Waals surface area contributed by atoms with Crippen molar-refractivity contribution in [3.8, 4) is 5.75 Å². The third-order valence-corrected chi connectivity index (χ3v) is 1.89. The quantitative estimate of drug-likeness (QED) is 0.778. The Morgan fingerprint density at radius 2 is 2.27 bits per heavy atom. The first-order valence-corrected chi connectivity index (χ1v) is 4.38. The van der Waals surface area contributed by atoms with E-state index in [-0.39, 0.29) is 5.75 Å². The van der Waals surface area contributed by atoms with Crippen molar-refractivity contribution in [3.63, 3.8) is 0 Å². The molecule has 0 saturated heterocycles. The van der Waals surface area contributed by atoms with Gasteiger partial charge in [-0.15, -0.1) is 0 Å². The Hall–Kier alpha value is -1.72. The lowest BCUT2D eigenvalue weighted by Crippen LogP contribution is -2.07. The lowest BCUT2D eigenvalue weighted by molar-refractivity contribution is 0.0814. The summed E-state index contributed by atoms with van der Waals surface area (Å²) >= 11 is 0. The van der Waals surface area contributed by atoms with Gasteiger partial charge in [0.05, 0.1) is 18.6 Å². The molecule has 0 atom stereocenters. The van der Waals surface area contributed by atoms with Crippen LogP contribution in [0.5, 0.6) is 5.75 Å². The smallest absolute Gasteiger partial charge is 0.272 e. The maximum atomic E-state index is 11.9. The molecule has 0 bridgehead atoms. The molecule has 2 aromatic rings. The fourth-order valence-electron chi connectivity index (χ4n) is 1.21. The first-order valence-electron chi connectivity index (χ1n) is 4.38. The van der Waals surface area contributed by atoms with Gasteiger partial charge >= 0.3 is 0 Å². The molecule has 0 radical (unpaired) electrons. The lowest BCUT2D eigenvalue weighted by atomic mass is 10.4. The van der Waals surface area contributed by atoms with E-state index in [1.165, 1.54) is 16.9 Å². The van der Waals surface area contributed by atoms with Crippen molar-refractivity contribution in [2.24, 2.45) is 0 Å². The van der Waals surface area contributed by atoms with Crippen molar-refractivity contribution in [2.75, 3.05) is 6.61 Å². The minimum atomic E-state index is -2.49. The number of aryl methyl sites for hydroxylation is 1. The van der Waals surface area contributed by atoms with Gasteiger partial charge in [0.2, 0.25) is 0 Å². The summed E-state index contributed by atoms with van der Waals surface area (Å²) in [4.78, 5) is 4.05. The van der Waals surface area contributed by atoms with Gasteiger partial charge in [0.1, 0.15) is 6.61 Å². The number of aromatic nitrogens is 3. The third kappa shape index (κ3) is 2.03. The molecular formula is C9H9F2N3O. The summed E-state index contributed by atoms with van der Waals surface area (Å²) in [6.45, 7) is 1.24. The van der Waals surface area contributed by atoms with Gasteiger partial charge in [-0.3, -0.25) is 0 Å². The van der Waals surface area contributed by atoms with Crippen LogP contribution in [-0.2, 0) is 0 Å². The highest BCUT2D eigenvalue weighted by Crippen LogP contribution is 2.13. The molecule has 2 rings (SSSR count). The summed E-state index contributed by atoms with van der Waals surface area (Å²) in [5, 5.41) is 3.99. The van der Waals surface area contributed by atoms with Crippen LogP contribution >= 0.6 is 0 Å². The molecule has 80 valence electrons. The van der Waals surface area contributed by atoms with Crippen molar-refractivity contribution in [1.29, 1.82) is 0 Å². The molecule has 0 fully saturated rings. The first kappa shape index (κ1) is 9.82. The molecule has 0 unspecified atom stereocenters. The molecule has 0 spiro atoms. The van der Waals surface area contributed by atoms with E-state index in [2.05, 4.69) is 10.1 Å². The summed E-state index contributed by atoms with van der Waals surface area (Å²) in [6, 6.07) is 0. The first-order chi connectivity index (χ1) is 7.16. The van der Waals surface area contributed by atoms with Crippen LogP contribution in [-0.4, -0.2) is 27.6 Å². The lowest BCUT2D eigenvalue weighted by Gasteiger charge is -2.04. The molecule has 0 aliphatic heterocycles. The van der Waals surface area contributed by atoms with E-state index in [1.54, 1.807) is 6.20 Å². The number of hydrogen-bond acceptors (Lipinski definition) is 3. The maximum Gasteiger partial charge on any atom is 0.272 e. The molecule has 4 nitrogen and oxygen atoms in total. The largest absolute Gasteiger partial charge is 0.484 e. The Bertz CT molecular complexity index is 469. The Balaban J connectivity index is 2.23. The zero-order chi connectivity index (χ0) is 10.8. The van der Waals surface area contributed by atoms with Crippen molar-refractivity contribution in [3.05, 3.63) is 24.2 Å². The fraction of sp³-hybridized carbons (Fsp3) is 0.333. The van der Waals surface area contributed by atoms with E-state index in [0.717, 1.165) is 5.56 Å². The van der Waals surface area contributed by atoms with Crippen molar-refractivity contribution in [2.45, 2.75) is 13.3 Å². The summed E-state index contributed by atoms with van der Waals surface area (Å²) in [6.07, 6.45) is 2.10.